The van der Waals surface area contributed by atoms with Crippen LogP contribution in [0.15, 0.2) is 42.5 Å². The molecule has 0 heterocycles. The molecule has 1 N–H and O–H groups in total. The minimum absolute atomic E-state index is 0.168. The summed E-state index contributed by atoms with van der Waals surface area (Å²) in [5, 5.41) is 4.28. The van der Waals surface area contributed by atoms with E-state index in [0.717, 1.165) is 6.42 Å². The molecule has 0 aromatic heterocycles. The summed E-state index contributed by atoms with van der Waals surface area (Å²) in [7, 11) is 0. The van der Waals surface area contributed by atoms with Gasteiger partial charge in [-0.2, -0.15) is 0 Å². The van der Waals surface area contributed by atoms with Crippen molar-refractivity contribution in [1.29, 1.82) is 0 Å². The lowest BCUT2D eigenvalue weighted by molar-refractivity contribution is 0.587. The van der Waals surface area contributed by atoms with Crippen LogP contribution in [0.5, 0.6) is 0 Å². The van der Waals surface area contributed by atoms with Crippen molar-refractivity contribution in [3.05, 3.63) is 63.9 Å². The Hall–Kier alpha value is -1.25. The number of nitrogens with one attached hydrogen (secondary N) is 1. The molecule has 0 aliphatic carbocycles. The lowest BCUT2D eigenvalue weighted by Crippen LogP contribution is -2.12. The van der Waals surface area contributed by atoms with Gasteiger partial charge in [-0.1, -0.05) is 54.4 Å². The topological polar surface area (TPSA) is 12.0 Å². The average molecular weight is 298 g/mol. The van der Waals surface area contributed by atoms with Crippen molar-refractivity contribution in [3.63, 3.8) is 0 Å². The second-order valence-corrected chi connectivity index (χ2v) is 5.04. The Labute approximate surface area is 122 Å². The van der Waals surface area contributed by atoms with Crippen molar-refractivity contribution in [1.82, 2.24) is 0 Å². The predicted molar refractivity (Wildman–Crippen MR) is 79.5 cm³/mol. The summed E-state index contributed by atoms with van der Waals surface area (Å²) >= 11 is 12.2. The fraction of sp³-hybridized carbons (Fsp3) is 0.200. The molecule has 0 saturated heterocycles. The third kappa shape index (κ3) is 3.20. The van der Waals surface area contributed by atoms with Gasteiger partial charge in [-0.25, -0.2) is 4.39 Å². The second kappa shape index (κ2) is 6.27. The molecule has 0 aliphatic heterocycles. The van der Waals surface area contributed by atoms with Gasteiger partial charge in [-0.15, -0.1) is 0 Å². The lowest BCUT2D eigenvalue weighted by Gasteiger charge is -2.21. The largest absolute Gasteiger partial charge is 0.376 e. The van der Waals surface area contributed by atoms with Crippen LogP contribution in [0.3, 0.4) is 0 Å². The first kappa shape index (κ1) is 14.2. The quantitative estimate of drug-likeness (QED) is 0.764. The Morgan fingerprint density at radius 3 is 2.26 bits per heavy atom. The van der Waals surface area contributed by atoms with Gasteiger partial charge in [-0.3, -0.25) is 0 Å². The van der Waals surface area contributed by atoms with Crippen LogP contribution in [0.25, 0.3) is 0 Å². The van der Waals surface area contributed by atoms with Crippen LogP contribution in [0.2, 0.25) is 10.0 Å². The van der Waals surface area contributed by atoms with E-state index >= 15 is 0 Å². The third-order valence-corrected chi connectivity index (χ3v) is 3.60. The average Bonchev–Trinajstić information content (AvgIpc) is 2.40. The Morgan fingerprint density at radius 1 is 1.05 bits per heavy atom. The van der Waals surface area contributed by atoms with Crippen molar-refractivity contribution in [2.45, 2.75) is 19.4 Å². The highest BCUT2D eigenvalue weighted by Gasteiger charge is 2.16. The fourth-order valence-electron chi connectivity index (χ4n) is 1.97. The van der Waals surface area contributed by atoms with E-state index in [1.54, 1.807) is 30.3 Å². The molecule has 0 fully saturated rings. The van der Waals surface area contributed by atoms with Crippen LogP contribution in [0, 0.1) is 5.82 Å². The molecule has 0 saturated carbocycles. The molecule has 1 atom stereocenters. The normalized spacial score (nSPS) is 12.2. The molecule has 2 rings (SSSR count). The maximum Gasteiger partial charge on any atom is 0.128 e. The highest BCUT2D eigenvalue weighted by Crippen LogP contribution is 2.34. The molecule has 0 radical (unpaired) electrons. The maximum atomic E-state index is 13.8. The van der Waals surface area contributed by atoms with Gasteiger partial charge in [-0.05, 0) is 24.6 Å². The summed E-state index contributed by atoms with van der Waals surface area (Å²) < 4.78 is 13.8. The molecule has 0 bridgehead atoms. The van der Waals surface area contributed by atoms with Crippen LogP contribution in [-0.2, 0) is 0 Å². The molecule has 100 valence electrons. The van der Waals surface area contributed by atoms with Gasteiger partial charge in [0.1, 0.15) is 5.82 Å². The van der Waals surface area contributed by atoms with Crippen molar-refractivity contribution in [2.24, 2.45) is 0 Å². The second-order valence-electron chi connectivity index (χ2n) is 4.22. The van der Waals surface area contributed by atoms with Gasteiger partial charge in [0.15, 0.2) is 0 Å². The van der Waals surface area contributed by atoms with Gasteiger partial charge in [0.2, 0.25) is 0 Å². The van der Waals surface area contributed by atoms with Gasteiger partial charge >= 0.3 is 0 Å². The molecule has 0 spiro atoms. The minimum Gasteiger partial charge on any atom is -0.376 e. The van der Waals surface area contributed by atoms with Crippen LogP contribution in [0.1, 0.15) is 24.9 Å². The van der Waals surface area contributed by atoms with Crippen LogP contribution in [0.4, 0.5) is 10.1 Å². The first-order valence-corrected chi connectivity index (χ1v) is 6.84. The van der Waals surface area contributed by atoms with E-state index in [1.165, 1.54) is 6.07 Å². The standard InChI is InChI=1S/C15H14Cl2FN/c1-2-14(10-6-3-4-9-13(10)18)19-15-11(16)7-5-8-12(15)17/h3-9,14,19H,2H2,1H3. The summed E-state index contributed by atoms with van der Waals surface area (Å²) in [5.41, 5.74) is 1.25. The summed E-state index contributed by atoms with van der Waals surface area (Å²) in [6, 6.07) is 11.8. The SMILES string of the molecule is CCC(Nc1c(Cl)cccc1Cl)c1ccccc1F. The van der Waals surface area contributed by atoms with Crippen molar-refractivity contribution in [2.75, 3.05) is 5.32 Å². The maximum absolute atomic E-state index is 13.8. The number of anilines is 1. The lowest BCUT2D eigenvalue weighted by atomic mass is 10.0. The van der Waals surface area contributed by atoms with E-state index in [4.69, 9.17) is 23.2 Å². The van der Waals surface area contributed by atoms with E-state index in [1.807, 2.05) is 13.0 Å². The first-order valence-electron chi connectivity index (χ1n) is 6.08. The Kier molecular flexibility index (Phi) is 4.67. The zero-order valence-electron chi connectivity index (χ0n) is 10.5. The fourth-order valence-corrected chi connectivity index (χ4v) is 2.47. The Bertz CT molecular complexity index is 552. The highest BCUT2D eigenvalue weighted by atomic mass is 35.5. The summed E-state index contributed by atoms with van der Waals surface area (Å²) in [6.45, 7) is 1.98. The minimum atomic E-state index is -0.231. The van der Waals surface area contributed by atoms with E-state index in [9.17, 15) is 4.39 Å². The van der Waals surface area contributed by atoms with Crippen molar-refractivity contribution in [3.8, 4) is 0 Å². The summed E-state index contributed by atoms with van der Waals surface area (Å²) in [5.74, 6) is -0.231. The summed E-state index contributed by atoms with van der Waals surface area (Å²) in [6.07, 6.45) is 0.725. The monoisotopic (exact) mass is 297 g/mol. The molecular weight excluding hydrogens is 284 g/mol. The van der Waals surface area contributed by atoms with Crippen molar-refractivity contribution >= 4 is 28.9 Å². The molecule has 2 aromatic rings. The van der Waals surface area contributed by atoms with Crippen LogP contribution >= 0.6 is 23.2 Å². The van der Waals surface area contributed by atoms with Crippen LogP contribution < -0.4 is 5.32 Å². The number of halogens is 3. The molecule has 19 heavy (non-hydrogen) atoms. The smallest absolute Gasteiger partial charge is 0.128 e. The number of hydrogen-bond donors (Lipinski definition) is 1. The highest BCUT2D eigenvalue weighted by molar-refractivity contribution is 6.39. The zero-order valence-corrected chi connectivity index (χ0v) is 12.0. The van der Waals surface area contributed by atoms with Gasteiger partial charge in [0, 0.05) is 5.56 Å². The summed E-state index contributed by atoms with van der Waals surface area (Å²) in [4.78, 5) is 0. The van der Waals surface area contributed by atoms with E-state index in [0.29, 0.717) is 21.3 Å². The third-order valence-electron chi connectivity index (χ3n) is 2.97. The van der Waals surface area contributed by atoms with E-state index in [2.05, 4.69) is 5.32 Å². The predicted octanol–water partition coefficient (Wildman–Crippen LogP) is 5.70. The number of benzene rings is 2. The van der Waals surface area contributed by atoms with Gasteiger partial charge in [0.25, 0.3) is 0 Å². The zero-order chi connectivity index (χ0) is 13.8. The van der Waals surface area contributed by atoms with Gasteiger partial charge < -0.3 is 5.32 Å². The van der Waals surface area contributed by atoms with E-state index < -0.39 is 0 Å². The molecule has 1 nitrogen and oxygen atoms in total. The Balaban J connectivity index is 2.32. The first-order chi connectivity index (χ1) is 9.13. The van der Waals surface area contributed by atoms with Crippen LogP contribution in [-0.4, -0.2) is 0 Å². The number of para-hydroxylation sites is 1. The number of hydrogen-bond acceptors (Lipinski definition) is 1. The molecule has 2 aromatic carbocycles. The molecular formula is C15H14Cl2FN. The molecule has 0 aliphatic rings. The van der Waals surface area contributed by atoms with Gasteiger partial charge in [0.05, 0.1) is 21.8 Å². The van der Waals surface area contributed by atoms with E-state index in [-0.39, 0.29) is 11.9 Å². The molecule has 1 unspecified atom stereocenters. The Morgan fingerprint density at radius 2 is 1.68 bits per heavy atom. The molecule has 4 heteroatoms. The molecule has 0 amide bonds. The van der Waals surface area contributed by atoms with Crippen molar-refractivity contribution < 1.29 is 4.39 Å². The number of rotatable bonds is 4.